The van der Waals surface area contributed by atoms with E-state index in [2.05, 4.69) is 4.98 Å². The first-order valence-electron chi connectivity index (χ1n) is 6.53. The number of thioether (sulfide) groups is 1. The van der Waals surface area contributed by atoms with Gasteiger partial charge in [0.1, 0.15) is 0 Å². The molecule has 0 amide bonds. The quantitative estimate of drug-likeness (QED) is 0.637. The lowest BCUT2D eigenvalue weighted by Crippen LogP contribution is -2.23. The third-order valence-electron chi connectivity index (χ3n) is 3.07. The van der Waals surface area contributed by atoms with Crippen molar-refractivity contribution in [1.82, 2.24) is 9.55 Å². The first-order valence-corrected chi connectivity index (χ1v) is 7.51. The monoisotopic (exact) mass is 324 g/mol. The molecule has 0 saturated heterocycles. The molecule has 0 fully saturated rings. The minimum Gasteiger partial charge on any atom is -0.493 e. The Hall–Kier alpha value is -2.22. The van der Waals surface area contributed by atoms with Crippen molar-refractivity contribution in [2.24, 2.45) is 0 Å². The van der Waals surface area contributed by atoms with Gasteiger partial charge in [-0.1, -0.05) is 11.8 Å². The summed E-state index contributed by atoms with van der Waals surface area (Å²) in [4.78, 5) is 27.7. The summed E-state index contributed by atoms with van der Waals surface area (Å²) in [5.74, 6) is -0.215. The number of rotatable bonds is 6. The molecule has 1 aromatic carbocycles. The molecule has 7 nitrogen and oxygen atoms in total. The third kappa shape index (κ3) is 3.01. The van der Waals surface area contributed by atoms with E-state index in [0.29, 0.717) is 34.1 Å². The molecule has 118 valence electrons. The van der Waals surface area contributed by atoms with Gasteiger partial charge in [-0.05, 0) is 13.0 Å². The molecule has 0 aliphatic heterocycles. The largest absolute Gasteiger partial charge is 0.493 e. The first-order chi connectivity index (χ1) is 10.5. The number of carboxylic acid groups (broad SMARTS) is 1. The van der Waals surface area contributed by atoms with Crippen molar-refractivity contribution in [2.75, 3.05) is 20.0 Å². The molecule has 1 aromatic heterocycles. The van der Waals surface area contributed by atoms with E-state index in [-0.39, 0.29) is 11.3 Å². The average Bonchev–Trinajstić information content (AvgIpc) is 2.51. The van der Waals surface area contributed by atoms with Crippen molar-refractivity contribution >= 4 is 28.6 Å². The van der Waals surface area contributed by atoms with Crippen molar-refractivity contribution < 1.29 is 19.4 Å². The molecule has 0 aliphatic carbocycles. The lowest BCUT2D eigenvalue weighted by Gasteiger charge is -2.13. The Morgan fingerprint density at radius 3 is 2.50 bits per heavy atom. The molecule has 0 spiro atoms. The molecule has 0 unspecified atom stereocenters. The summed E-state index contributed by atoms with van der Waals surface area (Å²) in [7, 11) is 2.99. The fourth-order valence-electron chi connectivity index (χ4n) is 2.04. The topological polar surface area (TPSA) is 90.7 Å². The molecule has 2 aromatic rings. The fraction of sp³-hybridized carbons (Fsp3) is 0.357. The number of hydrogen-bond donors (Lipinski definition) is 1. The zero-order valence-electron chi connectivity index (χ0n) is 12.5. The Bertz CT molecular complexity index is 772. The van der Waals surface area contributed by atoms with Crippen molar-refractivity contribution in [3.8, 4) is 11.5 Å². The van der Waals surface area contributed by atoms with Crippen molar-refractivity contribution in [2.45, 2.75) is 18.6 Å². The molecule has 0 aliphatic rings. The van der Waals surface area contributed by atoms with Crippen molar-refractivity contribution in [3.05, 3.63) is 22.5 Å². The summed E-state index contributed by atoms with van der Waals surface area (Å²) < 4.78 is 11.8. The number of hydrogen-bond acceptors (Lipinski definition) is 6. The summed E-state index contributed by atoms with van der Waals surface area (Å²) in [6.07, 6.45) is 0. The molecule has 1 N–H and O–H groups in total. The van der Waals surface area contributed by atoms with Crippen LogP contribution < -0.4 is 15.0 Å². The van der Waals surface area contributed by atoms with Gasteiger partial charge in [0.25, 0.3) is 5.56 Å². The van der Waals surface area contributed by atoms with Gasteiger partial charge in [-0.3, -0.25) is 14.2 Å². The molecule has 0 saturated carbocycles. The summed E-state index contributed by atoms with van der Waals surface area (Å²) in [5.41, 5.74) is 0.210. The summed E-state index contributed by atoms with van der Waals surface area (Å²) in [5, 5.41) is 9.57. The van der Waals surface area contributed by atoms with E-state index in [0.717, 1.165) is 11.8 Å². The number of fused-ring (bicyclic) bond motifs is 1. The van der Waals surface area contributed by atoms with Gasteiger partial charge in [0, 0.05) is 12.6 Å². The Morgan fingerprint density at radius 2 is 1.95 bits per heavy atom. The first kappa shape index (κ1) is 16.2. The molecule has 8 heteroatoms. The van der Waals surface area contributed by atoms with Gasteiger partial charge in [-0.2, -0.15) is 0 Å². The van der Waals surface area contributed by atoms with Gasteiger partial charge in [0.05, 0.1) is 30.9 Å². The van der Waals surface area contributed by atoms with Crippen LogP contribution in [-0.4, -0.2) is 40.6 Å². The van der Waals surface area contributed by atoms with E-state index in [4.69, 9.17) is 14.6 Å². The minimum atomic E-state index is -0.964. The van der Waals surface area contributed by atoms with Gasteiger partial charge >= 0.3 is 5.97 Å². The predicted octanol–water partition coefficient (Wildman–Crippen LogP) is 1.61. The van der Waals surface area contributed by atoms with E-state index in [1.165, 1.54) is 18.8 Å². The maximum atomic E-state index is 12.6. The van der Waals surface area contributed by atoms with E-state index in [1.807, 2.05) is 0 Å². The number of carboxylic acids is 1. The van der Waals surface area contributed by atoms with Gasteiger partial charge in [0.15, 0.2) is 16.7 Å². The Labute approximate surface area is 130 Å². The number of carbonyl (C=O) groups is 1. The predicted molar refractivity (Wildman–Crippen MR) is 83.1 cm³/mol. The molecular weight excluding hydrogens is 308 g/mol. The maximum absolute atomic E-state index is 12.6. The van der Waals surface area contributed by atoms with Crippen LogP contribution in [0, 0.1) is 0 Å². The van der Waals surface area contributed by atoms with Crippen LogP contribution in [0.15, 0.2) is 22.1 Å². The van der Waals surface area contributed by atoms with Crippen molar-refractivity contribution in [3.63, 3.8) is 0 Å². The fourth-order valence-corrected chi connectivity index (χ4v) is 2.83. The Balaban J connectivity index is 2.67. The van der Waals surface area contributed by atoms with Gasteiger partial charge in [-0.25, -0.2) is 4.98 Å². The normalized spacial score (nSPS) is 10.7. The van der Waals surface area contributed by atoms with Gasteiger partial charge in [0.2, 0.25) is 0 Å². The van der Waals surface area contributed by atoms with Crippen LogP contribution >= 0.6 is 11.8 Å². The second kappa shape index (κ2) is 6.69. The zero-order chi connectivity index (χ0) is 16.3. The Morgan fingerprint density at radius 1 is 1.32 bits per heavy atom. The molecule has 2 rings (SSSR count). The van der Waals surface area contributed by atoms with E-state index in [9.17, 15) is 9.59 Å². The Kier molecular flexibility index (Phi) is 4.92. The van der Waals surface area contributed by atoms with Crippen LogP contribution in [-0.2, 0) is 11.3 Å². The van der Waals surface area contributed by atoms with Gasteiger partial charge in [-0.15, -0.1) is 0 Å². The summed E-state index contributed by atoms with van der Waals surface area (Å²) >= 11 is 1.01. The lowest BCUT2D eigenvalue weighted by molar-refractivity contribution is -0.133. The standard InChI is InChI=1S/C14H16N2O5S/c1-4-16-13(19)8-5-10(20-2)11(21-3)6-9(8)15-14(16)22-7-12(17)18/h5-6H,4,7H2,1-3H3,(H,17,18). The molecular formula is C14H16N2O5S. The highest BCUT2D eigenvalue weighted by atomic mass is 32.2. The number of methoxy groups -OCH3 is 2. The highest BCUT2D eigenvalue weighted by Crippen LogP contribution is 2.31. The third-order valence-corrected chi connectivity index (χ3v) is 4.03. The number of aliphatic carboxylic acids is 1. The molecule has 1 heterocycles. The van der Waals surface area contributed by atoms with Crippen LogP contribution in [0.25, 0.3) is 10.9 Å². The minimum absolute atomic E-state index is 0.161. The second-order valence-electron chi connectivity index (χ2n) is 4.35. The summed E-state index contributed by atoms with van der Waals surface area (Å²) in [6, 6.07) is 3.20. The maximum Gasteiger partial charge on any atom is 0.313 e. The number of nitrogens with zero attached hydrogens (tertiary/aromatic N) is 2. The number of ether oxygens (including phenoxy) is 2. The smallest absolute Gasteiger partial charge is 0.313 e. The zero-order valence-corrected chi connectivity index (χ0v) is 13.3. The molecule has 0 radical (unpaired) electrons. The highest BCUT2D eigenvalue weighted by molar-refractivity contribution is 7.99. The van der Waals surface area contributed by atoms with Gasteiger partial charge < -0.3 is 14.6 Å². The SMILES string of the molecule is CCn1c(SCC(=O)O)nc2cc(OC)c(OC)cc2c1=O. The van der Waals surface area contributed by atoms with Crippen LogP contribution in [0.4, 0.5) is 0 Å². The van der Waals surface area contributed by atoms with Crippen molar-refractivity contribution in [1.29, 1.82) is 0 Å². The number of aromatic nitrogens is 2. The van der Waals surface area contributed by atoms with E-state index >= 15 is 0 Å². The molecule has 22 heavy (non-hydrogen) atoms. The highest BCUT2D eigenvalue weighted by Gasteiger charge is 2.15. The van der Waals surface area contributed by atoms with Crippen LogP contribution in [0.1, 0.15) is 6.92 Å². The van der Waals surface area contributed by atoms with Crippen LogP contribution in [0.3, 0.4) is 0 Å². The van der Waals surface area contributed by atoms with E-state index < -0.39 is 5.97 Å². The average molecular weight is 324 g/mol. The lowest BCUT2D eigenvalue weighted by atomic mass is 10.2. The summed E-state index contributed by atoms with van der Waals surface area (Å²) in [6.45, 7) is 2.21. The van der Waals surface area contributed by atoms with Crippen LogP contribution in [0.2, 0.25) is 0 Å². The number of benzene rings is 1. The van der Waals surface area contributed by atoms with E-state index in [1.54, 1.807) is 19.1 Å². The second-order valence-corrected chi connectivity index (χ2v) is 5.29. The molecule has 0 atom stereocenters. The molecule has 0 bridgehead atoms. The van der Waals surface area contributed by atoms with Crippen LogP contribution in [0.5, 0.6) is 11.5 Å².